The molecule has 0 aliphatic carbocycles. The third-order valence-corrected chi connectivity index (χ3v) is 17.2. The number of allylic oxidation sites excluding steroid dienone is 7. The minimum absolute atomic E-state index is 0.0208. The summed E-state index contributed by atoms with van der Waals surface area (Å²) in [5.74, 6) is -0.527. The standard InChI is InChI=1S/C73H139N2O7P/c1-7-10-13-16-19-22-25-27-29-31-33-35-37-39-41-43-45-47-50-53-56-59-62-65-72(76)74-70(69-81-83(78,79)80-68-67-75(4,5)6)71(64-61-58-55-52-49-24-21-18-15-12-9-3)82-73(77)66-63-60-57-54-51-48-46-44-42-40-38-36-34-32-30-28-26-23-20-17-14-11-8-2/h20,23,27-30,61,64,70-71H,7-19,21-22,24-26,31-60,62-63,65-69H2,1-6H3,(H-,74,76,78,79)/b23-20-,29-27+,30-28-,64-61+. The van der Waals surface area contributed by atoms with Gasteiger partial charge in [0, 0.05) is 12.8 Å². The molecule has 10 heteroatoms. The largest absolute Gasteiger partial charge is 0.756 e. The Balaban J connectivity index is 5.00. The minimum atomic E-state index is -4.70. The molecule has 488 valence electrons. The Morgan fingerprint density at radius 3 is 1.12 bits per heavy atom. The van der Waals surface area contributed by atoms with Gasteiger partial charge in [-0.25, -0.2) is 0 Å². The summed E-state index contributed by atoms with van der Waals surface area (Å²) < 4.78 is 30.4. The molecule has 0 aromatic heterocycles. The summed E-state index contributed by atoms with van der Waals surface area (Å²) in [5.41, 5.74) is 0. The van der Waals surface area contributed by atoms with Gasteiger partial charge < -0.3 is 28.5 Å². The van der Waals surface area contributed by atoms with Gasteiger partial charge in [-0.15, -0.1) is 0 Å². The fraction of sp³-hybridized carbons (Fsp3) is 0.863. The summed E-state index contributed by atoms with van der Waals surface area (Å²) >= 11 is 0. The van der Waals surface area contributed by atoms with Gasteiger partial charge in [0.25, 0.3) is 7.82 Å². The molecule has 0 saturated carbocycles. The van der Waals surface area contributed by atoms with Gasteiger partial charge in [0.1, 0.15) is 19.3 Å². The first kappa shape index (κ1) is 81.0. The number of rotatable bonds is 66. The molecular formula is C73H139N2O7P. The first-order valence-electron chi connectivity index (χ1n) is 35.9. The van der Waals surface area contributed by atoms with Crippen molar-refractivity contribution in [2.75, 3.05) is 40.9 Å². The van der Waals surface area contributed by atoms with Gasteiger partial charge in [-0.1, -0.05) is 301 Å². The van der Waals surface area contributed by atoms with Crippen LogP contribution in [0.5, 0.6) is 0 Å². The molecule has 0 radical (unpaired) electrons. The summed E-state index contributed by atoms with van der Waals surface area (Å²) in [7, 11) is 1.20. The molecule has 9 nitrogen and oxygen atoms in total. The summed E-state index contributed by atoms with van der Waals surface area (Å²) in [5, 5.41) is 3.05. The zero-order chi connectivity index (χ0) is 60.7. The van der Waals surface area contributed by atoms with Gasteiger partial charge in [-0.3, -0.25) is 14.2 Å². The van der Waals surface area contributed by atoms with Gasteiger partial charge >= 0.3 is 5.97 Å². The number of esters is 1. The second-order valence-electron chi connectivity index (χ2n) is 25.7. The lowest BCUT2D eigenvalue weighted by Gasteiger charge is -2.30. The second-order valence-corrected chi connectivity index (χ2v) is 27.1. The van der Waals surface area contributed by atoms with E-state index in [9.17, 15) is 19.0 Å². The van der Waals surface area contributed by atoms with Crippen molar-refractivity contribution in [3.05, 3.63) is 48.6 Å². The number of unbranched alkanes of at least 4 members (excludes halogenated alkanes) is 44. The van der Waals surface area contributed by atoms with Crippen molar-refractivity contribution in [1.82, 2.24) is 5.32 Å². The van der Waals surface area contributed by atoms with Gasteiger partial charge in [0.05, 0.1) is 33.8 Å². The van der Waals surface area contributed by atoms with Crippen molar-refractivity contribution >= 4 is 19.7 Å². The molecular weight excluding hydrogens is 1050 g/mol. The van der Waals surface area contributed by atoms with Crippen LogP contribution in [0.4, 0.5) is 0 Å². The quantitative estimate of drug-likeness (QED) is 0.0212. The Hall–Kier alpha value is -2.03. The lowest BCUT2D eigenvalue weighted by atomic mass is 10.0. The number of nitrogens with one attached hydrogen (secondary N) is 1. The maximum atomic E-state index is 13.6. The van der Waals surface area contributed by atoms with Crippen molar-refractivity contribution in [3.8, 4) is 0 Å². The van der Waals surface area contributed by atoms with E-state index in [4.69, 9.17) is 13.8 Å². The van der Waals surface area contributed by atoms with E-state index in [1.54, 1.807) is 0 Å². The summed E-state index contributed by atoms with van der Waals surface area (Å²) in [6, 6.07) is -0.887. The summed E-state index contributed by atoms with van der Waals surface area (Å²) in [4.78, 5) is 40.2. The highest BCUT2D eigenvalue weighted by Crippen LogP contribution is 2.38. The number of amides is 1. The van der Waals surface area contributed by atoms with E-state index in [-0.39, 0.29) is 31.5 Å². The van der Waals surface area contributed by atoms with Crippen LogP contribution in [0.2, 0.25) is 0 Å². The number of hydrogen-bond donors (Lipinski definition) is 1. The number of phosphoric ester groups is 1. The molecule has 0 saturated heterocycles. The number of ether oxygens (including phenoxy) is 1. The molecule has 1 amide bonds. The molecule has 1 N–H and O–H groups in total. The third-order valence-electron chi connectivity index (χ3n) is 16.2. The highest BCUT2D eigenvalue weighted by Gasteiger charge is 2.27. The van der Waals surface area contributed by atoms with Gasteiger partial charge in [0.15, 0.2) is 0 Å². The third kappa shape index (κ3) is 64.3. The fourth-order valence-corrected chi connectivity index (χ4v) is 11.4. The van der Waals surface area contributed by atoms with Gasteiger partial charge in [0.2, 0.25) is 5.91 Å². The molecule has 0 aromatic carbocycles. The van der Waals surface area contributed by atoms with Crippen LogP contribution < -0.4 is 10.2 Å². The van der Waals surface area contributed by atoms with E-state index in [2.05, 4.69) is 62.5 Å². The SMILES string of the molecule is CCCCC/C=C\C/C=C\CCCCCCCCCCCCCCCC(=O)OC(/C=C/CCCCCCCCCCC)C(COP(=O)([O-])OCC[N+](C)(C)C)NC(=O)CCCCCCCCCCCCCCC/C=C/CCCCCCCC. The zero-order valence-corrected chi connectivity index (χ0v) is 56.8. The molecule has 3 unspecified atom stereocenters. The lowest BCUT2D eigenvalue weighted by Crippen LogP contribution is -2.47. The molecule has 0 rings (SSSR count). The van der Waals surface area contributed by atoms with E-state index in [0.29, 0.717) is 17.4 Å². The lowest BCUT2D eigenvalue weighted by molar-refractivity contribution is -0.870. The molecule has 83 heavy (non-hydrogen) atoms. The number of hydrogen-bond acceptors (Lipinski definition) is 7. The monoisotopic (exact) mass is 1190 g/mol. The van der Waals surface area contributed by atoms with Crippen LogP contribution >= 0.6 is 7.82 Å². The van der Waals surface area contributed by atoms with Crippen molar-refractivity contribution in [2.24, 2.45) is 0 Å². The van der Waals surface area contributed by atoms with Crippen LogP contribution in [-0.2, 0) is 27.9 Å². The van der Waals surface area contributed by atoms with E-state index >= 15 is 0 Å². The Morgan fingerprint density at radius 2 is 0.735 bits per heavy atom. The fourth-order valence-electron chi connectivity index (χ4n) is 10.7. The zero-order valence-electron chi connectivity index (χ0n) is 55.9. The molecule has 0 bridgehead atoms. The van der Waals surface area contributed by atoms with Gasteiger partial charge in [-0.2, -0.15) is 0 Å². The maximum Gasteiger partial charge on any atom is 0.306 e. The Bertz CT molecular complexity index is 1560. The predicted octanol–water partition coefficient (Wildman–Crippen LogP) is 22.2. The average Bonchev–Trinajstić information content (AvgIpc) is 3.51. The molecule has 3 atom stereocenters. The number of phosphoric acid groups is 1. The highest BCUT2D eigenvalue weighted by atomic mass is 31.2. The van der Waals surface area contributed by atoms with E-state index in [0.717, 1.165) is 64.2 Å². The minimum Gasteiger partial charge on any atom is -0.756 e. The number of carbonyl (C=O) groups is 2. The van der Waals surface area contributed by atoms with Crippen molar-refractivity contribution < 1.29 is 37.3 Å². The van der Waals surface area contributed by atoms with Crippen molar-refractivity contribution in [1.29, 1.82) is 0 Å². The smallest absolute Gasteiger partial charge is 0.306 e. The number of nitrogens with zero attached hydrogens (tertiary/aromatic N) is 1. The van der Waals surface area contributed by atoms with Crippen LogP contribution in [0.3, 0.4) is 0 Å². The summed E-state index contributed by atoms with van der Waals surface area (Å²) in [6.07, 6.45) is 79.5. The van der Waals surface area contributed by atoms with Crippen LogP contribution in [0.15, 0.2) is 48.6 Å². The van der Waals surface area contributed by atoms with Crippen molar-refractivity contribution in [2.45, 2.75) is 367 Å². The maximum absolute atomic E-state index is 13.6. The molecule has 0 heterocycles. The topological polar surface area (TPSA) is 114 Å². The van der Waals surface area contributed by atoms with E-state index in [1.807, 2.05) is 33.3 Å². The molecule has 0 aliphatic heterocycles. The van der Waals surface area contributed by atoms with Crippen LogP contribution in [-0.4, -0.2) is 69.4 Å². The first-order chi connectivity index (χ1) is 40.4. The Kier molecular flexibility index (Phi) is 61.5. The number of quaternary nitrogens is 1. The molecule has 0 fully saturated rings. The molecule has 0 spiro atoms. The molecule has 0 aromatic rings. The normalized spacial score (nSPS) is 13.8. The van der Waals surface area contributed by atoms with E-state index < -0.39 is 20.0 Å². The highest BCUT2D eigenvalue weighted by molar-refractivity contribution is 7.45. The second kappa shape index (κ2) is 63.0. The average molecular weight is 1190 g/mol. The first-order valence-corrected chi connectivity index (χ1v) is 37.4. The van der Waals surface area contributed by atoms with Crippen LogP contribution in [0.25, 0.3) is 0 Å². The van der Waals surface area contributed by atoms with Crippen LogP contribution in [0, 0.1) is 0 Å². The molecule has 0 aliphatic rings. The number of likely N-dealkylation sites (N-methyl/N-ethyl adjacent to an activating group) is 1. The Morgan fingerprint density at radius 1 is 0.422 bits per heavy atom. The van der Waals surface area contributed by atoms with Gasteiger partial charge in [-0.05, 0) is 89.5 Å². The Labute approximate surface area is 516 Å². The van der Waals surface area contributed by atoms with Crippen LogP contribution in [0.1, 0.15) is 355 Å². The number of carbonyl (C=O) groups excluding carboxylic acids is 2. The van der Waals surface area contributed by atoms with E-state index in [1.165, 1.54) is 257 Å². The predicted molar refractivity (Wildman–Crippen MR) is 358 cm³/mol. The van der Waals surface area contributed by atoms with Crippen molar-refractivity contribution in [3.63, 3.8) is 0 Å². The summed E-state index contributed by atoms with van der Waals surface area (Å²) in [6.45, 7) is 6.86.